The predicted molar refractivity (Wildman–Crippen MR) is 121 cm³/mol. The Morgan fingerprint density at radius 3 is 2.47 bits per heavy atom. The van der Waals surface area contributed by atoms with E-state index in [-0.39, 0.29) is 5.91 Å². The van der Waals surface area contributed by atoms with Crippen molar-refractivity contribution in [3.8, 4) is 0 Å². The van der Waals surface area contributed by atoms with Crippen LogP contribution < -0.4 is 10.4 Å². The summed E-state index contributed by atoms with van der Waals surface area (Å²) in [6.45, 7) is 0.487. The second-order valence-electron chi connectivity index (χ2n) is 7.31. The summed E-state index contributed by atoms with van der Waals surface area (Å²) in [7, 11) is 1.71. The molecule has 0 spiro atoms. The summed E-state index contributed by atoms with van der Waals surface area (Å²) >= 11 is 7.81. The molecule has 166 valence electrons. The number of thiophene rings is 1. The van der Waals surface area contributed by atoms with Crippen molar-refractivity contribution < 1.29 is 18.0 Å². The molecule has 1 amide bonds. The van der Waals surface area contributed by atoms with Crippen molar-refractivity contribution in [1.82, 2.24) is 10.3 Å². The van der Waals surface area contributed by atoms with Gasteiger partial charge >= 0.3 is 6.18 Å². The molecule has 1 aromatic heterocycles. The van der Waals surface area contributed by atoms with Gasteiger partial charge in [0.15, 0.2) is 0 Å². The summed E-state index contributed by atoms with van der Waals surface area (Å²) in [5, 5.41) is 3.60. The maximum Gasteiger partial charge on any atom is 0.409 e. The lowest BCUT2D eigenvalue weighted by Crippen LogP contribution is -2.44. The summed E-state index contributed by atoms with van der Waals surface area (Å²) in [6, 6.07) is 15.2. The first kappa shape index (κ1) is 22.4. The number of alkyl halides is 3. The molecule has 4 nitrogen and oxygen atoms in total. The number of halogens is 4. The van der Waals surface area contributed by atoms with Crippen molar-refractivity contribution in [2.24, 2.45) is 0 Å². The molecule has 3 aromatic rings. The van der Waals surface area contributed by atoms with Gasteiger partial charge in [0.25, 0.3) is 5.91 Å². The van der Waals surface area contributed by atoms with Crippen molar-refractivity contribution in [1.29, 1.82) is 0 Å². The van der Waals surface area contributed by atoms with Crippen molar-refractivity contribution in [2.45, 2.75) is 18.8 Å². The van der Waals surface area contributed by atoms with E-state index in [0.29, 0.717) is 34.1 Å². The van der Waals surface area contributed by atoms with Crippen molar-refractivity contribution in [3.63, 3.8) is 0 Å². The van der Waals surface area contributed by atoms with E-state index < -0.39 is 12.2 Å². The van der Waals surface area contributed by atoms with Gasteiger partial charge in [-0.15, -0.1) is 11.3 Å². The Balaban J connectivity index is 1.60. The third kappa shape index (κ3) is 4.67. The van der Waals surface area contributed by atoms with E-state index in [1.54, 1.807) is 71.8 Å². The number of hydrogen-bond donors (Lipinski definition) is 1. The van der Waals surface area contributed by atoms with E-state index >= 15 is 0 Å². The Morgan fingerprint density at radius 1 is 1.12 bits per heavy atom. The molecule has 9 heteroatoms. The molecule has 0 saturated heterocycles. The molecule has 1 unspecified atom stereocenters. The fraction of sp³-hybridized carbons (Fsp3) is 0.174. The van der Waals surface area contributed by atoms with Crippen molar-refractivity contribution in [3.05, 3.63) is 93.1 Å². The van der Waals surface area contributed by atoms with E-state index in [1.807, 2.05) is 17.5 Å². The van der Waals surface area contributed by atoms with Crippen LogP contribution in [0.3, 0.4) is 0 Å². The highest BCUT2D eigenvalue weighted by Gasteiger charge is 2.44. The largest absolute Gasteiger partial charge is 0.409 e. The molecule has 1 aliphatic rings. The number of hydrazine groups is 1. The molecule has 2 aromatic carbocycles. The van der Waals surface area contributed by atoms with Crippen LogP contribution in [0.1, 0.15) is 20.8 Å². The van der Waals surface area contributed by atoms with E-state index in [1.165, 1.54) is 5.01 Å². The molecule has 4 rings (SSSR count). The molecule has 1 aliphatic heterocycles. The monoisotopic (exact) mass is 477 g/mol. The maximum absolute atomic E-state index is 13.4. The summed E-state index contributed by atoms with van der Waals surface area (Å²) < 4.78 is 40.3. The Bertz CT molecular complexity index is 1130. The summed E-state index contributed by atoms with van der Waals surface area (Å²) in [5.41, 5.74) is 4.18. The van der Waals surface area contributed by atoms with Gasteiger partial charge in [-0.1, -0.05) is 41.9 Å². The predicted octanol–water partition coefficient (Wildman–Crippen LogP) is 5.97. The normalized spacial score (nSPS) is 16.2. The number of carbonyl (C=O) groups is 1. The second kappa shape index (κ2) is 8.97. The Morgan fingerprint density at radius 2 is 1.84 bits per heavy atom. The molecule has 2 heterocycles. The van der Waals surface area contributed by atoms with Gasteiger partial charge in [0.05, 0.1) is 23.0 Å². The Labute approximate surface area is 192 Å². The third-order valence-corrected chi connectivity index (χ3v) is 6.21. The van der Waals surface area contributed by atoms with Crippen LogP contribution in [0.15, 0.2) is 72.1 Å². The molecule has 0 radical (unpaired) electrons. The standard InChI is InChI=1S/C23H19ClF3N3OS/c1-29(14-17-5-4-12-32-17)22(31)16-10-8-15(9-11-16)20-13-21(23(25,26)27)28-30(20)19-7-3-2-6-18(19)24/h2-13,21,28H,14H2,1H3. The highest BCUT2D eigenvalue weighted by atomic mass is 35.5. The van der Waals surface area contributed by atoms with E-state index in [9.17, 15) is 18.0 Å². The molecule has 0 saturated carbocycles. The quantitative estimate of drug-likeness (QED) is 0.491. The summed E-state index contributed by atoms with van der Waals surface area (Å²) in [6.07, 6.45) is -3.36. The minimum atomic E-state index is -4.47. The van der Waals surface area contributed by atoms with Crippen molar-refractivity contribution in [2.75, 3.05) is 12.1 Å². The number of rotatable bonds is 5. The number of carbonyl (C=O) groups excluding carboxylic acids is 1. The number of nitrogens with zero attached hydrogens (tertiary/aromatic N) is 2. The fourth-order valence-corrected chi connectivity index (χ4v) is 4.39. The van der Waals surface area contributed by atoms with Gasteiger partial charge in [-0.25, -0.2) is 5.43 Å². The highest BCUT2D eigenvalue weighted by Crippen LogP contribution is 2.37. The zero-order valence-electron chi connectivity index (χ0n) is 16.9. The van der Waals surface area contributed by atoms with Crippen LogP contribution in [0, 0.1) is 0 Å². The number of amides is 1. The lowest BCUT2D eigenvalue weighted by atomic mass is 10.1. The SMILES string of the molecule is CN(Cc1cccs1)C(=O)c1ccc(C2=CC(C(F)(F)F)NN2c2ccccc2Cl)cc1. The minimum Gasteiger partial charge on any atom is -0.337 e. The molecular formula is C23H19ClF3N3OS. The van der Waals surface area contributed by atoms with Gasteiger partial charge in [0, 0.05) is 17.5 Å². The number of anilines is 1. The maximum atomic E-state index is 13.4. The van der Waals surface area contributed by atoms with Crippen LogP contribution in [0.2, 0.25) is 5.02 Å². The molecule has 0 fully saturated rings. The zero-order valence-corrected chi connectivity index (χ0v) is 18.5. The topological polar surface area (TPSA) is 35.6 Å². The average Bonchev–Trinajstić information content (AvgIpc) is 3.43. The number of hydrogen-bond acceptors (Lipinski definition) is 4. The van der Waals surface area contributed by atoms with Gasteiger partial charge in [0.1, 0.15) is 6.04 Å². The van der Waals surface area contributed by atoms with Crippen LogP contribution in [0.25, 0.3) is 5.70 Å². The van der Waals surface area contributed by atoms with Crippen LogP contribution in [-0.2, 0) is 6.54 Å². The van der Waals surface area contributed by atoms with Gasteiger partial charge in [0.2, 0.25) is 0 Å². The Kier molecular flexibility index (Phi) is 6.28. The van der Waals surface area contributed by atoms with E-state index in [0.717, 1.165) is 11.0 Å². The number of benzene rings is 2. The third-order valence-electron chi connectivity index (χ3n) is 5.03. The molecule has 1 N–H and O–H groups in total. The number of nitrogens with one attached hydrogen (secondary N) is 1. The first-order valence-corrected chi connectivity index (χ1v) is 11.0. The van der Waals surface area contributed by atoms with Crippen LogP contribution in [-0.4, -0.2) is 30.1 Å². The molecule has 0 bridgehead atoms. The lowest BCUT2D eigenvalue weighted by Gasteiger charge is -2.26. The van der Waals surface area contributed by atoms with Crippen LogP contribution in [0.4, 0.5) is 18.9 Å². The van der Waals surface area contributed by atoms with Gasteiger partial charge < -0.3 is 4.90 Å². The molecule has 32 heavy (non-hydrogen) atoms. The minimum absolute atomic E-state index is 0.167. The molecular weight excluding hydrogens is 459 g/mol. The lowest BCUT2D eigenvalue weighted by molar-refractivity contribution is -0.142. The fourth-order valence-electron chi connectivity index (χ4n) is 3.42. The second-order valence-corrected chi connectivity index (χ2v) is 8.74. The summed E-state index contributed by atoms with van der Waals surface area (Å²) in [5.74, 6) is -0.167. The van der Waals surface area contributed by atoms with Crippen LogP contribution >= 0.6 is 22.9 Å². The molecule has 0 aliphatic carbocycles. The average molecular weight is 478 g/mol. The first-order valence-electron chi connectivity index (χ1n) is 9.71. The van der Waals surface area contributed by atoms with Crippen molar-refractivity contribution >= 4 is 40.2 Å². The molecule has 1 atom stereocenters. The van der Waals surface area contributed by atoms with Gasteiger partial charge in [-0.2, -0.15) is 13.2 Å². The van der Waals surface area contributed by atoms with Gasteiger partial charge in [-0.05, 0) is 47.4 Å². The summed E-state index contributed by atoms with van der Waals surface area (Å²) in [4.78, 5) is 15.4. The Hall–Kier alpha value is -2.81. The van der Waals surface area contributed by atoms with Gasteiger partial charge in [-0.3, -0.25) is 9.80 Å². The van der Waals surface area contributed by atoms with Crippen LogP contribution in [0.5, 0.6) is 0 Å². The highest BCUT2D eigenvalue weighted by molar-refractivity contribution is 7.09. The first-order chi connectivity index (χ1) is 15.2. The zero-order chi connectivity index (χ0) is 22.9. The number of para-hydroxylation sites is 1. The van der Waals surface area contributed by atoms with E-state index in [2.05, 4.69) is 5.43 Å². The van der Waals surface area contributed by atoms with E-state index in [4.69, 9.17) is 11.6 Å². The smallest absolute Gasteiger partial charge is 0.337 e.